The molecule has 0 aliphatic heterocycles. The van der Waals surface area contributed by atoms with Crippen molar-refractivity contribution in [3.05, 3.63) is 158 Å². The van der Waals surface area contributed by atoms with Gasteiger partial charge in [0.15, 0.2) is 0 Å². The van der Waals surface area contributed by atoms with Crippen molar-refractivity contribution in [2.45, 2.75) is 0 Å². The van der Waals surface area contributed by atoms with Crippen LogP contribution < -0.4 is 4.90 Å². The monoisotopic (exact) mass is 498 g/mol. The molecule has 0 atom stereocenters. The lowest BCUT2D eigenvalue weighted by Gasteiger charge is -2.28. The van der Waals surface area contributed by atoms with Crippen molar-refractivity contribution in [2.24, 2.45) is 0 Å². The summed E-state index contributed by atoms with van der Waals surface area (Å²) in [6.45, 7) is 0. The van der Waals surface area contributed by atoms with E-state index in [-0.39, 0.29) is 0 Å². The fourth-order valence-corrected chi connectivity index (χ4v) is 5.58. The van der Waals surface area contributed by atoms with Crippen LogP contribution >= 0.6 is 0 Å². The number of hydrogen-bond acceptors (Lipinski definition) is 2. The first-order chi connectivity index (χ1) is 19.4. The zero-order valence-electron chi connectivity index (χ0n) is 21.4. The Labute approximate surface area is 228 Å². The largest absolute Gasteiger partial charge is 0.294 e. The number of anilines is 3. The highest BCUT2D eigenvalue weighted by Crippen LogP contribution is 2.47. The van der Waals surface area contributed by atoms with E-state index in [1.165, 1.54) is 43.8 Å². The van der Waals surface area contributed by atoms with E-state index < -0.39 is 0 Å². The standard InChI is InChI=1S/C37H26N2/c1-3-14-27(15-4-1)28-16-13-17-29(26-28)36-31-20-7-9-22-33(31)37(34-23-10-8-21-32(34)36)39(30-18-5-2-6-19-30)35-24-11-12-25-38-35/h1-26H. The minimum Gasteiger partial charge on any atom is -0.294 e. The number of fused-ring (bicyclic) bond motifs is 2. The first kappa shape index (κ1) is 22.9. The molecule has 0 aliphatic carbocycles. The molecule has 0 bridgehead atoms. The molecule has 0 fully saturated rings. The van der Waals surface area contributed by atoms with Crippen molar-refractivity contribution in [3.8, 4) is 22.3 Å². The average molecular weight is 499 g/mol. The van der Waals surface area contributed by atoms with E-state index in [4.69, 9.17) is 4.98 Å². The highest BCUT2D eigenvalue weighted by atomic mass is 15.2. The summed E-state index contributed by atoms with van der Waals surface area (Å²) in [6.07, 6.45) is 1.86. The number of benzene rings is 6. The second-order valence-electron chi connectivity index (χ2n) is 9.62. The van der Waals surface area contributed by atoms with Gasteiger partial charge in [-0.05, 0) is 63.4 Å². The Bertz CT molecular complexity index is 1800. The van der Waals surface area contributed by atoms with Crippen LogP contribution in [0.25, 0.3) is 43.8 Å². The van der Waals surface area contributed by atoms with Crippen molar-refractivity contribution >= 4 is 38.7 Å². The minimum atomic E-state index is 0.887. The maximum atomic E-state index is 4.80. The van der Waals surface area contributed by atoms with E-state index in [0.717, 1.165) is 17.2 Å². The van der Waals surface area contributed by atoms with Crippen LogP contribution in [0.2, 0.25) is 0 Å². The Hall–Kier alpha value is -5.21. The van der Waals surface area contributed by atoms with Crippen LogP contribution in [0, 0.1) is 0 Å². The molecule has 7 rings (SSSR count). The summed E-state index contributed by atoms with van der Waals surface area (Å²) in [6, 6.07) is 53.6. The predicted octanol–water partition coefficient (Wildman–Crippen LogP) is 10.2. The molecule has 0 saturated carbocycles. The third-order valence-electron chi connectivity index (χ3n) is 7.28. The summed E-state index contributed by atoms with van der Waals surface area (Å²) in [5, 5.41) is 4.80. The lowest BCUT2D eigenvalue weighted by Crippen LogP contribution is -2.12. The van der Waals surface area contributed by atoms with Gasteiger partial charge in [-0.2, -0.15) is 0 Å². The van der Waals surface area contributed by atoms with Gasteiger partial charge in [0.2, 0.25) is 0 Å². The normalized spacial score (nSPS) is 11.1. The Morgan fingerprint density at radius 2 is 0.949 bits per heavy atom. The van der Waals surface area contributed by atoms with Crippen molar-refractivity contribution < 1.29 is 0 Å². The van der Waals surface area contributed by atoms with Crippen LogP contribution in [0.1, 0.15) is 0 Å². The van der Waals surface area contributed by atoms with Gasteiger partial charge >= 0.3 is 0 Å². The van der Waals surface area contributed by atoms with Gasteiger partial charge in [-0.25, -0.2) is 4.98 Å². The Morgan fingerprint density at radius 3 is 1.59 bits per heavy atom. The lowest BCUT2D eigenvalue weighted by molar-refractivity contribution is 1.19. The van der Waals surface area contributed by atoms with Gasteiger partial charge in [0, 0.05) is 22.7 Å². The summed E-state index contributed by atoms with van der Waals surface area (Å²) < 4.78 is 0. The van der Waals surface area contributed by atoms with Gasteiger partial charge in [-0.1, -0.05) is 121 Å². The van der Waals surface area contributed by atoms with Crippen molar-refractivity contribution in [2.75, 3.05) is 4.90 Å². The van der Waals surface area contributed by atoms with Crippen molar-refractivity contribution in [3.63, 3.8) is 0 Å². The molecule has 7 aromatic rings. The van der Waals surface area contributed by atoms with Gasteiger partial charge in [0.1, 0.15) is 5.82 Å². The van der Waals surface area contributed by atoms with E-state index in [1.807, 2.05) is 18.3 Å². The molecule has 6 aromatic carbocycles. The molecule has 0 radical (unpaired) electrons. The van der Waals surface area contributed by atoms with Crippen LogP contribution in [0.4, 0.5) is 17.2 Å². The van der Waals surface area contributed by atoms with Gasteiger partial charge in [-0.15, -0.1) is 0 Å². The van der Waals surface area contributed by atoms with Gasteiger partial charge in [0.05, 0.1) is 5.69 Å². The second-order valence-corrected chi connectivity index (χ2v) is 9.62. The van der Waals surface area contributed by atoms with Gasteiger partial charge < -0.3 is 0 Å². The molecule has 1 aromatic heterocycles. The zero-order valence-corrected chi connectivity index (χ0v) is 21.4. The molecular formula is C37H26N2. The smallest absolute Gasteiger partial charge is 0.137 e. The van der Waals surface area contributed by atoms with E-state index in [9.17, 15) is 0 Å². The summed E-state index contributed by atoms with van der Waals surface area (Å²) in [7, 11) is 0. The average Bonchev–Trinajstić information content (AvgIpc) is 3.02. The number of pyridine rings is 1. The van der Waals surface area contributed by atoms with E-state index in [1.54, 1.807) is 0 Å². The molecule has 39 heavy (non-hydrogen) atoms. The SMILES string of the molecule is c1ccc(-c2cccc(-c3c4ccccc4c(N(c4ccccc4)c4ccccn4)c4ccccc34)c2)cc1. The third kappa shape index (κ3) is 4.13. The summed E-state index contributed by atoms with van der Waals surface area (Å²) in [4.78, 5) is 7.08. The molecule has 0 unspecified atom stereocenters. The molecule has 184 valence electrons. The highest BCUT2D eigenvalue weighted by Gasteiger charge is 2.22. The molecule has 2 heteroatoms. The van der Waals surface area contributed by atoms with Crippen molar-refractivity contribution in [1.82, 2.24) is 4.98 Å². The number of nitrogens with zero attached hydrogens (tertiary/aromatic N) is 2. The topological polar surface area (TPSA) is 16.1 Å². The summed E-state index contributed by atoms with van der Waals surface area (Å²) >= 11 is 0. The Kier molecular flexibility index (Phi) is 5.84. The molecule has 0 aliphatic rings. The fraction of sp³-hybridized carbons (Fsp3) is 0. The maximum Gasteiger partial charge on any atom is 0.137 e. The Balaban J connectivity index is 1.57. The highest BCUT2D eigenvalue weighted by molar-refractivity contribution is 6.22. The lowest BCUT2D eigenvalue weighted by atomic mass is 9.89. The first-order valence-electron chi connectivity index (χ1n) is 13.2. The molecule has 0 spiro atoms. The number of hydrogen-bond donors (Lipinski definition) is 0. The Morgan fingerprint density at radius 1 is 0.410 bits per heavy atom. The van der Waals surface area contributed by atoms with Crippen LogP contribution in [-0.4, -0.2) is 4.98 Å². The van der Waals surface area contributed by atoms with Crippen LogP contribution in [-0.2, 0) is 0 Å². The van der Waals surface area contributed by atoms with E-state index in [2.05, 4.69) is 144 Å². The van der Waals surface area contributed by atoms with Gasteiger partial charge in [0.25, 0.3) is 0 Å². The number of para-hydroxylation sites is 1. The van der Waals surface area contributed by atoms with Gasteiger partial charge in [-0.3, -0.25) is 4.90 Å². The number of aromatic nitrogens is 1. The minimum absolute atomic E-state index is 0.887. The molecule has 1 heterocycles. The second kappa shape index (κ2) is 9.92. The summed E-state index contributed by atoms with van der Waals surface area (Å²) in [5.41, 5.74) is 7.09. The van der Waals surface area contributed by atoms with E-state index >= 15 is 0 Å². The maximum absolute atomic E-state index is 4.80. The third-order valence-corrected chi connectivity index (χ3v) is 7.28. The fourth-order valence-electron chi connectivity index (χ4n) is 5.58. The van der Waals surface area contributed by atoms with E-state index in [0.29, 0.717) is 0 Å². The summed E-state index contributed by atoms with van der Waals surface area (Å²) in [5.74, 6) is 0.887. The van der Waals surface area contributed by atoms with Crippen LogP contribution in [0.5, 0.6) is 0 Å². The molecule has 2 nitrogen and oxygen atoms in total. The first-order valence-corrected chi connectivity index (χ1v) is 13.2. The quantitative estimate of drug-likeness (QED) is 0.219. The predicted molar refractivity (Wildman–Crippen MR) is 165 cm³/mol. The molecule has 0 N–H and O–H groups in total. The molecule has 0 amide bonds. The zero-order chi connectivity index (χ0) is 26.0. The van der Waals surface area contributed by atoms with Crippen molar-refractivity contribution in [1.29, 1.82) is 0 Å². The number of rotatable bonds is 5. The molecular weight excluding hydrogens is 472 g/mol. The van der Waals surface area contributed by atoms with Crippen LogP contribution in [0.15, 0.2) is 158 Å². The molecule has 0 saturated heterocycles. The van der Waals surface area contributed by atoms with Crippen LogP contribution in [0.3, 0.4) is 0 Å².